The van der Waals surface area contributed by atoms with Crippen LogP contribution < -0.4 is 5.32 Å². The molecule has 0 unspecified atom stereocenters. The Morgan fingerprint density at radius 1 is 1.06 bits per heavy atom. The fourth-order valence-corrected chi connectivity index (χ4v) is 4.31. The van der Waals surface area contributed by atoms with E-state index in [1.165, 1.54) is 7.11 Å². The van der Waals surface area contributed by atoms with Gasteiger partial charge in [0.2, 0.25) is 11.8 Å². The van der Waals surface area contributed by atoms with Crippen LogP contribution in [0, 0.1) is 20.8 Å². The maximum absolute atomic E-state index is 13.1. The molecule has 0 fully saturated rings. The molecular formula is C25H31N3O4. The third-order valence-corrected chi connectivity index (χ3v) is 5.80. The first-order chi connectivity index (χ1) is 15.2. The Morgan fingerprint density at radius 2 is 1.69 bits per heavy atom. The molecule has 0 aromatic heterocycles. The lowest BCUT2D eigenvalue weighted by molar-refractivity contribution is -0.154. The third-order valence-electron chi connectivity index (χ3n) is 5.80. The summed E-state index contributed by atoms with van der Waals surface area (Å²) in [5.41, 5.74) is 6.02. The molecule has 0 saturated heterocycles. The Morgan fingerprint density at radius 3 is 2.31 bits per heavy atom. The van der Waals surface area contributed by atoms with Gasteiger partial charge in [0.05, 0.1) is 20.2 Å². The van der Waals surface area contributed by atoms with Gasteiger partial charge in [0, 0.05) is 18.7 Å². The maximum atomic E-state index is 13.1. The summed E-state index contributed by atoms with van der Waals surface area (Å²) in [7, 11) is 3.05. The van der Waals surface area contributed by atoms with Gasteiger partial charge in [-0.3, -0.25) is 14.5 Å². The smallest absolute Gasteiger partial charge is 0.328 e. The fraction of sp³-hybridized carbons (Fsp3) is 0.400. The molecule has 1 aliphatic heterocycles. The number of ether oxygens (including phenoxy) is 1. The highest BCUT2D eigenvalue weighted by Gasteiger charge is 2.35. The van der Waals surface area contributed by atoms with Gasteiger partial charge in [-0.05, 0) is 50.1 Å². The molecule has 2 amide bonds. The highest BCUT2D eigenvalue weighted by Crippen LogP contribution is 2.25. The Kier molecular flexibility index (Phi) is 7.30. The second kappa shape index (κ2) is 9.96. The van der Waals surface area contributed by atoms with Crippen LogP contribution in [0.25, 0.3) is 0 Å². The quantitative estimate of drug-likeness (QED) is 0.703. The van der Waals surface area contributed by atoms with Crippen molar-refractivity contribution < 1.29 is 19.1 Å². The number of nitrogens with zero attached hydrogens (tertiary/aromatic N) is 2. The van der Waals surface area contributed by atoms with Gasteiger partial charge < -0.3 is 15.0 Å². The van der Waals surface area contributed by atoms with Crippen LogP contribution in [0.3, 0.4) is 0 Å². The second-order valence-corrected chi connectivity index (χ2v) is 8.53. The van der Waals surface area contributed by atoms with Crippen molar-refractivity contribution in [3.63, 3.8) is 0 Å². The summed E-state index contributed by atoms with van der Waals surface area (Å²) in [6.07, 6.45) is 0.421. The number of benzene rings is 2. The average molecular weight is 438 g/mol. The van der Waals surface area contributed by atoms with Gasteiger partial charge in [-0.25, -0.2) is 4.79 Å². The van der Waals surface area contributed by atoms with E-state index in [-0.39, 0.29) is 24.9 Å². The van der Waals surface area contributed by atoms with E-state index < -0.39 is 12.0 Å². The fourth-order valence-electron chi connectivity index (χ4n) is 4.31. The number of fused-ring (bicyclic) bond motifs is 1. The Bertz CT molecular complexity index is 1010. The minimum atomic E-state index is -0.664. The van der Waals surface area contributed by atoms with Crippen LogP contribution in [0.15, 0.2) is 36.4 Å². The number of rotatable bonds is 6. The first-order valence-corrected chi connectivity index (χ1v) is 10.7. The number of carbonyl (C=O) groups is 3. The largest absolute Gasteiger partial charge is 0.467 e. The number of nitrogens with one attached hydrogen (secondary N) is 1. The summed E-state index contributed by atoms with van der Waals surface area (Å²) in [6, 6.07) is 11.2. The number of carbonyl (C=O) groups excluding carboxylic acids is 3. The standard InChI is InChI=1S/C25H31N3O4/c1-16-10-17(2)24(18(3)11-16)26-22(29)14-27(4)15-23(30)28-13-20-9-7-6-8-19(20)12-21(28)25(31)32-5/h6-11,21H,12-15H2,1-5H3,(H,26,29)/t21-/m1/s1. The van der Waals surface area contributed by atoms with Crippen molar-refractivity contribution >= 4 is 23.5 Å². The molecule has 170 valence electrons. The average Bonchev–Trinajstić information content (AvgIpc) is 2.74. The predicted molar refractivity (Wildman–Crippen MR) is 123 cm³/mol. The molecule has 3 rings (SSSR count). The topological polar surface area (TPSA) is 79.0 Å². The number of likely N-dealkylation sites (N-methyl/N-ethyl adjacent to an activating group) is 1. The van der Waals surface area contributed by atoms with Crippen molar-refractivity contribution in [3.8, 4) is 0 Å². The normalized spacial score (nSPS) is 15.3. The number of hydrogen-bond acceptors (Lipinski definition) is 5. The van der Waals surface area contributed by atoms with Crippen molar-refractivity contribution in [3.05, 3.63) is 64.2 Å². The SMILES string of the molecule is COC(=O)[C@H]1Cc2ccccc2CN1C(=O)CN(C)CC(=O)Nc1c(C)cc(C)cc1C. The Balaban J connectivity index is 1.65. The van der Waals surface area contributed by atoms with Crippen molar-refractivity contribution in [2.24, 2.45) is 0 Å². The van der Waals surface area contributed by atoms with Crippen LogP contribution in [-0.4, -0.2) is 60.9 Å². The highest BCUT2D eigenvalue weighted by atomic mass is 16.5. The lowest BCUT2D eigenvalue weighted by Crippen LogP contribution is -2.52. The van der Waals surface area contributed by atoms with Gasteiger partial charge in [-0.1, -0.05) is 42.0 Å². The van der Waals surface area contributed by atoms with Gasteiger partial charge in [0.25, 0.3) is 0 Å². The van der Waals surface area contributed by atoms with E-state index in [0.29, 0.717) is 13.0 Å². The van der Waals surface area contributed by atoms with E-state index in [0.717, 1.165) is 33.5 Å². The minimum absolute atomic E-state index is 0.0228. The highest BCUT2D eigenvalue weighted by molar-refractivity contribution is 5.94. The molecule has 7 heteroatoms. The number of amides is 2. The van der Waals surface area contributed by atoms with E-state index >= 15 is 0 Å². The molecule has 0 bridgehead atoms. The molecule has 0 aliphatic carbocycles. The summed E-state index contributed by atoms with van der Waals surface area (Å²) >= 11 is 0. The molecule has 2 aromatic rings. The molecule has 2 aromatic carbocycles. The lowest BCUT2D eigenvalue weighted by atomic mass is 9.94. The zero-order valence-electron chi connectivity index (χ0n) is 19.4. The van der Waals surface area contributed by atoms with Gasteiger partial charge in [-0.2, -0.15) is 0 Å². The first kappa shape index (κ1) is 23.5. The van der Waals surface area contributed by atoms with Crippen molar-refractivity contribution in [1.29, 1.82) is 0 Å². The van der Waals surface area contributed by atoms with Gasteiger partial charge in [0.15, 0.2) is 0 Å². The van der Waals surface area contributed by atoms with E-state index in [1.54, 1.807) is 16.8 Å². The van der Waals surface area contributed by atoms with Crippen molar-refractivity contribution in [1.82, 2.24) is 9.80 Å². The van der Waals surface area contributed by atoms with Crippen LogP contribution in [0.4, 0.5) is 5.69 Å². The summed E-state index contributed by atoms with van der Waals surface area (Å²) in [4.78, 5) is 41.2. The van der Waals surface area contributed by atoms with E-state index in [9.17, 15) is 14.4 Å². The van der Waals surface area contributed by atoms with E-state index in [2.05, 4.69) is 5.32 Å². The summed E-state index contributed by atoms with van der Waals surface area (Å²) in [5.74, 6) is -0.838. The van der Waals surface area contributed by atoms with Crippen molar-refractivity contribution in [2.75, 3.05) is 32.6 Å². The van der Waals surface area contributed by atoms with Crippen molar-refractivity contribution in [2.45, 2.75) is 39.8 Å². The van der Waals surface area contributed by atoms with Crippen LogP contribution in [-0.2, 0) is 32.1 Å². The summed E-state index contributed by atoms with van der Waals surface area (Å²) in [5, 5.41) is 2.96. The molecule has 0 spiro atoms. The summed E-state index contributed by atoms with van der Waals surface area (Å²) < 4.78 is 4.94. The Labute approximate surface area is 189 Å². The van der Waals surface area contributed by atoms with E-state index in [1.807, 2.05) is 57.2 Å². The van der Waals surface area contributed by atoms with Crippen LogP contribution in [0.2, 0.25) is 0 Å². The molecule has 0 saturated carbocycles. The number of esters is 1. The molecule has 1 N–H and O–H groups in total. The van der Waals surface area contributed by atoms with Crippen LogP contribution in [0.1, 0.15) is 27.8 Å². The second-order valence-electron chi connectivity index (χ2n) is 8.53. The zero-order chi connectivity index (χ0) is 23.4. The van der Waals surface area contributed by atoms with Gasteiger partial charge in [0.1, 0.15) is 6.04 Å². The predicted octanol–water partition coefficient (Wildman–Crippen LogP) is 2.61. The molecule has 0 radical (unpaired) electrons. The molecule has 7 nitrogen and oxygen atoms in total. The maximum Gasteiger partial charge on any atom is 0.328 e. The van der Waals surface area contributed by atoms with E-state index in [4.69, 9.17) is 4.74 Å². The van der Waals surface area contributed by atoms with Crippen LogP contribution in [0.5, 0.6) is 0 Å². The van der Waals surface area contributed by atoms with Gasteiger partial charge >= 0.3 is 5.97 Å². The molecular weight excluding hydrogens is 406 g/mol. The molecule has 1 heterocycles. The lowest BCUT2D eigenvalue weighted by Gasteiger charge is -2.36. The zero-order valence-corrected chi connectivity index (χ0v) is 19.4. The third kappa shape index (κ3) is 5.34. The molecule has 1 aliphatic rings. The van der Waals surface area contributed by atoms with Crippen LogP contribution >= 0.6 is 0 Å². The number of methoxy groups -OCH3 is 1. The number of hydrogen-bond donors (Lipinski definition) is 1. The molecule has 1 atom stereocenters. The monoisotopic (exact) mass is 437 g/mol. The number of aryl methyl sites for hydroxylation is 3. The number of anilines is 1. The molecule has 32 heavy (non-hydrogen) atoms. The Hall–Kier alpha value is -3.19. The first-order valence-electron chi connectivity index (χ1n) is 10.7. The van der Waals surface area contributed by atoms with Gasteiger partial charge in [-0.15, -0.1) is 0 Å². The minimum Gasteiger partial charge on any atom is -0.467 e. The summed E-state index contributed by atoms with van der Waals surface area (Å²) in [6.45, 7) is 6.37.